The largest absolute Gasteiger partial charge is 0.344 e. The summed E-state index contributed by atoms with van der Waals surface area (Å²) in [6.45, 7) is 3.40. The summed E-state index contributed by atoms with van der Waals surface area (Å²) in [5, 5.41) is 7.91. The molecule has 11 nitrogen and oxygen atoms in total. The molecule has 12 heteroatoms. The Kier molecular flexibility index (Phi) is 5.94. The zero-order valence-corrected chi connectivity index (χ0v) is 22.7. The van der Waals surface area contributed by atoms with Crippen molar-refractivity contribution in [1.82, 2.24) is 29.6 Å². The third-order valence-corrected chi connectivity index (χ3v) is 8.01. The van der Waals surface area contributed by atoms with E-state index in [0.717, 1.165) is 12.0 Å². The van der Waals surface area contributed by atoms with Crippen LogP contribution in [-0.4, -0.2) is 59.3 Å². The molecule has 2 amide bonds. The molecule has 2 fully saturated rings. The summed E-state index contributed by atoms with van der Waals surface area (Å²) < 4.78 is 2.12. The predicted molar refractivity (Wildman–Crippen MR) is 146 cm³/mol. The van der Waals surface area contributed by atoms with Crippen LogP contribution in [0.25, 0.3) is 22.0 Å². The van der Waals surface area contributed by atoms with E-state index in [4.69, 9.17) is 0 Å². The van der Waals surface area contributed by atoms with Crippen molar-refractivity contribution < 1.29 is 14.4 Å². The van der Waals surface area contributed by atoms with E-state index in [-0.39, 0.29) is 41.3 Å². The van der Waals surface area contributed by atoms with E-state index in [1.54, 1.807) is 41.4 Å². The first-order valence-electron chi connectivity index (χ1n) is 12.4. The van der Waals surface area contributed by atoms with Gasteiger partial charge in [0.2, 0.25) is 11.8 Å². The molecule has 198 valence electrons. The SMILES string of the molecule is CC(=O)c1nn(CC(=O)N2C3C[C@]3(C)C[C@H]2C(=O)Nc2cccc(Br)n2)c2ccc(-c3cnc(=O)[nH]c3)cc12. The molecule has 39 heavy (non-hydrogen) atoms. The number of carbonyl (C=O) groups is 3. The number of benzene rings is 1. The summed E-state index contributed by atoms with van der Waals surface area (Å²) in [4.78, 5) is 63.0. The number of aromatic amines is 1. The van der Waals surface area contributed by atoms with Gasteiger partial charge in [0.05, 0.1) is 5.52 Å². The summed E-state index contributed by atoms with van der Waals surface area (Å²) in [5.41, 5.74) is 1.72. The number of pyridine rings is 1. The Morgan fingerprint density at radius 3 is 2.72 bits per heavy atom. The van der Waals surface area contributed by atoms with Gasteiger partial charge in [0.15, 0.2) is 5.78 Å². The highest BCUT2D eigenvalue weighted by atomic mass is 79.9. The Morgan fingerprint density at radius 2 is 2.00 bits per heavy atom. The van der Waals surface area contributed by atoms with Gasteiger partial charge in [0.1, 0.15) is 28.7 Å². The Labute approximate surface area is 230 Å². The van der Waals surface area contributed by atoms with E-state index in [2.05, 4.69) is 48.2 Å². The number of fused-ring (bicyclic) bond motifs is 2. The second kappa shape index (κ2) is 9.23. The quantitative estimate of drug-likeness (QED) is 0.260. The minimum Gasteiger partial charge on any atom is -0.325 e. The molecule has 1 aromatic carbocycles. The summed E-state index contributed by atoms with van der Waals surface area (Å²) in [7, 11) is 0. The van der Waals surface area contributed by atoms with Crippen molar-refractivity contribution in [3.8, 4) is 11.1 Å². The number of H-pyrrole nitrogens is 1. The van der Waals surface area contributed by atoms with Crippen molar-refractivity contribution in [1.29, 1.82) is 0 Å². The summed E-state index contributed by atoms with van der Waals surface area (Å²) >= 11 is 3.31. The van der Waals surface area contributed by atoms with E-state index in [9.17, 15) is 19.2 Å². The number of halogens is 1. The van der Waals surface area contributed by atoms with E-state index >= 15 is 0 Å². The standard InChI is InChI=1S/C27H24BrN7O4/c1-14(36)24-17-8-15(16-11-29-26(39)30-12-16)6-7-18(17)34(33-24)13-23(37)35-19(9-27(2)10-20(27)35)25(38)32-22-5-3-4-21(28)31-22/h3-8,11-12,19-20H,9-10,13H2,1-2H3,(H,29,30,39)(H,31,32,38)/t19-,20?,27-/m0/s1. The van der Waals surface area contributed by atoms with Crippen molar-refractivity contribution in [3.05, 3.63) is 69.6 Å². The van der Waals surface area contributed by atoms with Crippen LogP contribution in [-0.2, 0) is 16.1 Å². The summed E-state index contributed by atoms with van der Waals surface area (Å²) in [6.07, 6.45) is 4.41. The smallest absolute Gasteiger partial charge is 0.325 e. The van der Waals surface area contributed by atoms with Crippen LogP contribution in [0.2, 0.25) is 0 Å². The number of piperidine rings is 1. The molecule has 2 aliphatic rings. The summed E-state index contributed by atoms with van der Waals surface area (Å²) in [5.74, 6) is -0.351. The monoisotopic (exact) mass is 589 g/mol. The summed E-state index contributed by atoms with van der Waals surface area (Å²) in [6, 6.07) is 9.99. The minimum atomic E-state index is -0.629. The maximum Gasteiger partial charge on any atom is 0.344 e. The van der Waals surface area contributed by atoms with Crippen molar-refractivity contribution in [2.75, 3.05) is 5.32 Å². The number of amides is 2. The maximum atomic E-state index is 13.7. The van der Waals surface area contributed by atoms with Crippen molar-refractivity contribution in [2.45, 2.75) is 45.3 Å². The number of anilines is 1. The Balaban J connectivity index is 1.29. The first-order valence-corrected chi connectivity index (χ1v) is 13.2. The maximum absolute atomic E-state index is 13.7. The van der Waals surface area contributed by atoms with Gasteiger partial charge >= 0.3 is 5.69 Å². The number of nitrogens with one attached hydrogen (secondary N) is 2. The van der Waals surface area contributed by atoms with Crippen molar-refractivity contribution in [2.24, 2.45) is 5.41 Å². The molecule has 1 saturated carbocycles. The molecule has 3 atom stereocenters. The molecule has 1 aliphatic heterocycles. The molecule has 0 radical (unpaired) electrons. The molecule has 4 heterocycles. The number of Topliss-reactive ketones (excluding diaryl/α,β-unsaturated/α-hetero) is 1. The number of rotatable bonds is 6. The zero-order chi connectivity index (χ0) is 27.5. The lowest BCUT2D eigenvalue weighted by molar-refractivity contribution is -0.138. The first kappa shape index (κ1) is 25.1. The molecule has 1 unspecified atom stereocenters. The van der Waals surface area contributed by atoms with E-state index < -0.39 is 11.7 Å². The second-order valence-corrected chi connectivity index (χ2v) is 11.1. The van der Waals surface area contributed by atoms with E-state index in [1.807, 2.05) is 6.07 Å². The second-order valence-electron chi connectivity index (χ2n) is 10.3. The normalized spacial score (nSPS) is 21.6. The van der Waals surface area contributed by atoms with E-state index in [1.165, 1.54) is 17.8 Å². The van der Waals surface area contributed by atoms with Gasteiger partial charge in [-0.25, -0.2) is 14.8 Å². The third-order valence-electron chi connectivity index (χ3n) is 7.57. The van der Waals surface area contributed by atoms with Gasteiger partial charge in [-0.05, 0) is 64.0 Å². The number of hydrogen-bond acceptors (Lipinski definition) is 7. The average Bonchev–Trinajstić information content (AvgIpc) is 3.26. The third kappa shape index (κ3) is 4.54. The van der Waals surface area contributed by atoms with Crippen LogP contribution in [0.4, 0.5) is 5.82 Å². The number of hydrogen-bond donors (Lipinski definition) is 2. The van der Waals surface area contributed by atoms with Gasteiger partial charge in [-0.2, -0.15) is 5.10 Å². The fraction of sp³-hybridized carbons (Fsp3) is 0.296. The van der Waals surface area contributed by atoms with Crippen LogP contribution in [0.3, 0.4) is 0 Å². The molecular weight excluding hydrogens is 566 g/mol. The molecule has 0 spiro atoms. The van der Waals surface area contributed by atoms with Gasteiger partial charge in [-0.1, -0.05) is 19.1 Å². The van der Waals surface area contributed by atoms with Gasteiger partial charge in [0.25, 0.3) is 0 Å². The molecule has 1 aliphatic carbocycles. The lowest BCUT2D eigenvalue weighted by Crippen LogP contribution is -2.46. The minimum absolute atomic E-state index is 0.0235. The fourth-order valence-corrected chi connectivity index (χ4v) is 5.84. The molecule has 1 saturated heterocycles. The number of nitrogens with zero attached hydrogens (tertiary/aromatic N) is 5. The molecular formula is C27H24BrN7O4. The Hall–Kier alpha value is -4.19. The molecule has 6 rings (SSSR count). The van der Waals surface area contributed by atoms with Crippen LogP contribution >= 0.6 is 15.9 Å². The molecule has 0 bridgehead atoms. The lowest BCUT2D eigenvalue weighted by atomic mass is 10.0. The Morgan fingerprint density at radius 1 is 1.18 bits per heavy atom. The highest BCUT2D eigenvalue weighted by Gasteiger charge is 2.64. The topological polar surface area (TPSA) is 143 Å². The molecule has 3 aromatic heterocycles. The number of aromatic nitrogens is 5. The Bertz CT molecular complexity index is 1710. The van der Waals surface area contributed by atoms with Crippen LogP contribution in [0.15, 0.2) is 58.2 Å². The number of likely N-dealkylation sites (tertiary alicyclic amines) is 1. The van der Waals surface area contributed by atoms with Gasteiger partial charge in [0, 0.05) is 36.3 Å². The van der Waals surface area contributed by atoms with Crippen LogP contribution in [0.1, 0.15) is 37.2 Å². The van der Waals surface area contributed by atoms with Crippen molar-refractivity contribution in [3.63, 3.8) is 0 Å². The van der Waals surface area contributed by atoms with Crippen molar-refractivity contribution >= 4 is 50.2 Å². The van der Waals surface area contributed by atoms with Gasteiger partial charge in [-0.3, -0.25) is 19.1 Å². The van der Waals surface area contributed by atoms with Crippen LogP contribution < -0.4 is 11.0 Å². The lowest BCUT2D eigenvalue weighted by Gasteiger charge is -2.26. The average molecular weight is 590 g/mol. The van der Waals surface area contributed by atoms with Gasteiger partial charge in [-0.15, -0.1) is 0 Å². The van der Waals surface area contributed by atoms with Crippen LogP contribution in [0, 0.1) is 5.41 Å². The zero-order valence-electron chi connectivity index (χ0n) is 21.1. The predicted octanol–water partition coefficient (Wildman–Crippen LogP) is 3.16. The van der Waals surface area contributed by atoms with Crippen LogP contribution in [0.5, 0.6) is 0 Å². The van der Waals surface area contributed by atoms with E-state index in [0.29, 0.717) is 33.3 Å². The van der Waals surface area contributed by atoms with Gasteiger partial charge < -0.3 is 15.2 Å². The first-order chi connectivity index (χ1) is 18.6. The highest BCUT2D eigenvalue weighted by Crippen LogP contribution is 2.59. The number of ketones is 1. The number of carbonyl (C=O) groups excluding carboxylic acids is 3. The highest BCUT2D eigenvalue weighted by molar-refractivity contribution is 9.10. The molecule has 2 N–H and O–H groups in total. The fourth-order valence-electron chi connectivity index (χ4n) is 5.50. The molecule has 4 aromatic rings.